The maximum atomic E-state index is 12.8. The molecule has 0 spiro atoms. The summed E-state index contributed by atoms with van der Waals surface area (Å²) in [4.78, 5) is 13.7. The van der Waals surface area contributed by atoms with Crippen molar-refractivity contribution in [3.05, 3.63) is 23.8 Å². The number of anilines is 1. The number of hydrogen-bond acceptors (Lipinski definition) is 3. The van der Waals surface area contributed by atoms with Gasteiger partial charge in [0, 0.05) is 25.2 Å². The Hall–Kier alpha value is -1.40. The molecular formula is C19H26N2O3S. The van der Waals surface area contributed by atoms with Crippen LogP contribution < -0.4 is 9.62 Å². The number of sulfonamides is 1. The van der Waals surface area contributed by atoms with Gasteiger partial charge in [-0.1, -0.05) is 6.42 Å². The van der Waals surface area contributed by atoms with Gasteiger partial charge in [-0.05, 0) is 74.1 Å². The van der Waals surface area contributed by atoms with Crippen molar-refractivity contribution in [2.45, 2.75) is 56.9 Å². The molecule has 6 heteroatoms. The molecule has 5 nitrogen and oxygen atoms in total. The zero-order valence-electron chi connectivity index (χ0n) is 14.9. The molecule has 0 aromatic heterocycles. The number of rotatable bonds is 4. The lowest BCUT2D eigenvalue weighted by Crippen LogP contribution is -2.40. The molecule has 2 bridgehead atoms. The summed E-state index contributed by atoms with van der Waals surface area (Å²) >= 11 is 0. The second kappa shape index (κ2) is 6.09. The molecule has 1 aromatic rings. The Morgan fingerprint density at radius 1 is 1.28 bits per heavy atom. The SMILES string of the molecule is CC(=O)N1CCc2cc(S(=O)(=O)NC(C)C3CC4CCC3C4)ccc21. The lowest BCUT2D eigenvalue weighted by Gasteiger charge is -2.28. The Kier molecular flexibility index (Phi) is 4.15. The largest absolute Gasteiger partial charge is 0.312 e. The Morgan fingerprint density at radius 3 is 2.72 bits per heavy atom. The molecule has 1 heterocycles. The molecule has 0 radical (unpaired) electrons. The van der Waals surface area contributed by atoms with Crippen molar-refractivity contribution in [3.8, 4) is 0 Å². The van der Waals surface area contributed by atoms with Gasteiger partial charge >= 0.3 is 0 Å². The van der Waals surface area contributed by atoms with E-state index < -0.39 is 10.0 Å². The van der Waals surface area contributed by atoms with Gasteiger partial charge in [0.2, 0.25) is 15.9 Å². The number of benzene rings is 1. The van der Waals surface area contributed by atoms with Crippen molar-refractivity contribution in [3.63, 3.8) is 0 Å². The summed E-state index contributed by atoms with van der Waals surface area (Å²) < 4.78 is 28.6. The predicted octanol–water partition coefficient (Wildman–Crippen LogP) is 2.70. The van der Waals surface area contributed by atoms with Crippen molar-refractivity contribution in [2.24, 2.45) is 17.8 Å². The zero-order valence-corrected chi connectivity index (χ0v) is 15.7. The van der Waals surface area contributed by atoms with Crippen LogP contribution in [0.3, 0.4) is 0 Å². The Bertz CT molecular complexity index is 805. The number of fused-ring (bicyclic) bond motifs is 3. The van der Waals surface area contributed by atoms with E-state index >= 15 is 0 Å². The second-order valence-electron chi connectivity index (χ2n) is 7.96. The molecule has 1 amide bonds. The molecule has 25 heavy (non-hydrogen) atoms. The van der Waals surface area contributed by atoms with Crippen LogP contribution in [0.1, 0.15) is 45.1 Å². The van der Waals surface area contributed by atoms with E-state index in [0.717, 1.165) is 23.6 Å². The van der Waals surface area contributed by atoms with Crippen molar-refractivity contribution < 1.29 is 13.2 Å². The molecule has 4 unspecified atom stereocenters. The van der Waals surface area contributed by atoms with Crippen LogP contribution in [0.4, 0.5) is 5.69 Å². The predicted molar refractivity (Wildman–Crippen MR) is 96.9 cm³/mol. The number of nitrogens with one attached hydrogen (secondary N) is 1. The van der Waals surface area contributed by atoms with E-state index in [4.69, 9.17) is 0 Å². The number of hydrogen-bond donors (Lipinski definition) is 1. The molecule has 1 aliphatic heterocycles. The molecule has 4 atom stereocenters. The summed E-state index contributed by atoms with van der Waals surface area (Å²) in [5, 5.41) is 0. The van der Waals surface area contributed by atoms with Crippen LogP contribution in [0.5, 0.6) is 0 Å². The summed E-state index contributed by atoms with van der Waals surface area (Å²) in [5.41, 5.74) is 1.78. The molecule has 1 aromatic carbocycles. The van der Waals surface area contributed by atoms with Crippen molar-refractivity contribution in [1.29, 1.82) is 0 Å². The lowest BCUT2D eigenvalue weighted by molar-refractivity contribution is -0.116. The van der Waals surface area contributed by atoms with Crippen molar-refractivity contribution in [1.82, 2.24) is 4.72 Å². The molecule has 2 fully saturated rings. The highest BCUT2D eigenvalue weighted by Gasteiger charge is 2.42. The minimum atomic E-state index is -3.53. The van der Waals surface area contributed by atoms with Crippen LogP contribution in [-0.4, -0.2) is 26.9 Å². The van der Waals surface area contributed by atoms with Crippen molar-refractivity contribution in [2.75, 3.05) is 11.4 Å². The lowest BCUT2D eigenvalue weighted by atomic mass is 9.84. The first-order chi connectivity index (χ1) is 11.8. The van der Waals surface area contributed by atoms with Gasteiger partial charge in [-0.2, -0.15) is 0 Å². The minimum Gasteiger partial charge on any atom is -0.312 e. The highest BCUT2D eigenvalue weighted by molar-refractivity contribution is 7.89. The fraction of sp³-hybridized carbons (Fsp3) is 0.632. The van der Waals surface area contributed by atoms with Crippen LogP contribution in [0.15, 0.2) is 23.1 Å². The van der Waals surface area contributed by atoms with Gasteiger partial charge in [-0.25, -0.2) is 13.1 Å². The second-order valence-corrected chi connectivity index (χ2v) is 9.67. The summed E-state index contributed by atoms with van der Waals surface area (Å²) in [6.07, 6.45) is 5.71. The number of carbonyl (C=O) groups is 1. The third kappa shape index (κ3) is 2.99. The van der Waals surface area contributed by atoms with Gasteiger partial charge in [0.05, 0.1) is 4.90 Å². The fourth-order valence-electron chi connectivity index (χ4n) is 5.18. The first-order valence-corrected chi connectivity index (χ1v) is 10.8. The van der Waals surface area contributed by atoms with Crippen LogP contribution >= 0.6 is 0 Å². The Morgan fingerprint density at radius 2 is 2.08 bits per heavy atom. The van der Waals surface area contributed by atoms with E-state index in [0.29, 0.717) is 29.7 Å². The first-order valence-electron chi connectivity index (χ1n) is 9.28. The molecule has 0 saturated heterocycles. The standard InChI is InChI=1S/C19H26N2O3S/c1-12(18-10-14-3-4-15(18)9-14)20-25(23,24)17-5-6-19-16(11-17)7-8-21(19)13(2)22/h5-6,11-12,14-15,18,20H,3-4,7-10H2,1-2H3. The average molecular weight is 362 g/mol. The summed E-state index contributed by atoms with van der Waals surface area (Å²) in [5.74, 6) is 1.96. The molecule has 1 N–H and O–H groups in total. The van der Waals surface area contributed by atoms with E-state index in [1.807, 2.05) is 6.92 Å². The quantitative estimate of drug-likeness (QED) is 0.895. The molecule has 3 aliphatic rings. The average Bonchev–Trinajstić information content (AvgIpc) is 3.28. The van der Waals surface area contributed by atoms with Gasteiger partial charge in [0.15, 0.2) is 0 Å². The van der Waals surface area contributed by atoms with E-state index in [2.05, 4.69) is 4.72 Å². The Balaban J connectivity index is 1.52. The monoisotopic (exact) mass is 362 g/mol. The molecule has 4 rings (SSSR count). The van der Waals surface area contributed by atoms with Gasteiger partial charge in [0.25, 0.3) is 0 Å². The van der Waals surface area contributed by atoms with Gasteiger partial charge < -0.3 is 4.90 Å². The molecule has 2 aliphatic carbocycles. The smallest absolute Gasteiger partial charge is 0.240 e. The van der Waals surface area contributed by atoms with E-state index in [1.165, 1.54) is 26.2 Å². The summed E-state index contributed by atoms with van der Waals surface area (Å²) in [6.45, 7) is 4.18. The highest BCUT2D eigenvalue weighted by Crippen LogP contribution is 2.49. The van der Waals surface area contributed by atoms with E-state index in [-0.39, 0.29) is 11.9 Å². The molecular weight excluding hydrogens is 336 g/mol. The highest BCUT2D eigenvalue weighted by atomic mass is 32.2. The van der Waals surface area contributed by atoms with Crippen LogP contribution in [0.25, 0.3) is 0 Å². The van der Waals surface area contributed by atoms with Gasteiger partial charge in [0.1, 0.15) is 0 Å². The Labute approximate surface area is 149 Å². The van der Waals surface area contributed by atoms with Gasteiger partial charge in [-0.15, -0.1) is 0 Å². The molecule has 136 valence electrons. The third-order valence-electron chi connectivity index (χ3n) is 6.41. The maximum Gasteiger partial charge on any atom is 0.240 e. The van der Waals surface area contributed by atoms with Crippen LogP contribution in [-0.2, 0) is 21.2 Å². The number of nitrogens with zero attached hydrogens (tertiary/aromatic N) is 1. The normalized spacial score (nSPS) is 29.0. The number of carbonyl (C=O) groups excluding carboxylic acids is 1. The van der Waals surface area contributed by atoms with Gasteiger partial charge in [-0.3, -0.25) is 4.79 Å². The number of amides is 1. The van der Waals surface area contributed by atoms with E-state index in [9.17, 15) is 13.2 Å². The first kappa shape index (κ1) is 17.0. The third-order valence-corrected chi connectivity index (χ3v) is 7.97. The van der Waals surface area contributed by atoms with Crippen LogP contribution in [0.2, 0.25) is 0 Å². The molecule has 2 saturated carbocycles. The summed E-state index contributed by atoms with van der Waals surface area (Å²) in [7, 11) is -3.53. The maximum absolute atomic E-state index is 12.8. The topological polar surface area (TPSA) is 66.5 Å². The van der Waals surface area contributed by atoms with Crippen LogP contribution in [0, 0.1) is 17.8 Å². The zero-order chi connectivity index (χ0) is 17.8. The van der Waals surface area contributed by atoms with E-state index in [1.54, 1.807) is 23.1 Å². The summed E-state index contributed by atoms with van der Waals surface area (Å²) in [6, 6.07) is 5.09. The van der Waals surface area contributed by atoms with Crippen molar-refractivity contribution >= 4 is 21.6 Å². The fourth-order valence-corrected chi connectivity index (χ4v) is 6.52. The minimum absolute atomic E-state index is 0.00242.